The molecule has 3 N–H and O–H groups in total. The molecule has 3 nitrogen and oxygen atoms in total. The molecule has 144 valence electrons. The second kappa shape index (κ2) is 8.86. The highest BCUT2D eigenvalue weighted by Crippen LogP contribution is 2.21. The van der Waals surface area contributed by atoms with E-state index in [0.717, 1.165) is 18.0 Å². The third kappa shape index (κ3) is 4.68. The van der Waals surface area contributed by atoms with Crippen LogP contribution in [-0.4, -0.2) is 51.4 Å². The molecule has 1 aromatic rings. The van der Waals surface area contributed by atoms with Gasteiger partial charge in [0.25, 0.3) is 0 Å². The maximum atomic E-state index is 2.47. The van der Waals surface area contributed by atoms with Crippen molar-refractivity contribution in [3.8, 4) is 0 Å². The van der Waals surface area contributed by atoms with Gasteiger partial charge in [-0.1, -0.05) is 43.7 Å². The van der Waals surface area contributed by atoms with Crippen LogP contribution in [0.5, 0.6) is 0 Å². The summed E-state index contributed by atoms with van der Waals surface area (Å²) < 4.78 is 0. The number of hydrogen-bond donors (Lipinski definition) is 3. The van der Waals surface area contributed by atoms with Crippen LogP contribution < -0.4 is 14.7 Å². The summed E-state index contributed by atoms with van der Waals surface area (Å²) in [6, 6.07) is 13.0. The first-order valence-electron chi connectivity index (χ1n) is 11.3. The first kappa shape index (κ1) is 18.5. The molecule has 0 aromatic heterocycles. The van der Waals surface area contributed by atoms with Gasteiger partial charge < -0.3 is 14.7 Å². The van der Waals surface area contributed by atoms with E-state index in [1.165, 1.54) is 89.9 Å². The van der Waals surface area contributed by atoms with Gasteiger partial charge in [0.2, 0.25) is 0 Å². The predicted octanol–water partition coefficient (Wildman–Crippen LogP) is -0.404. The molecule has 3 aliphatic rings. The number of likely N-dealkylation sites (tertiary alicyclic amines) is 1. The Morgan fingerprint density at radius 3 is 2.08 bits per heavy atom. The van der Waals surface area contributed by atoms with Crippen LogP contribution in [0.4, 0.5) is 0 Å². The summed E-state index contributed by atoms with van der Waals surface area (Å²) in [4.78, 5) is 5.69. The lowest BCUT2D eigenvalue weighted by atomic mass is 9.86. The van der Waals surface area contributed by atoms with Crippen LogP contribution in [0.1, 0.15) is 51.0 Å². The van der Waals surface area contributed by atoms with Crippen LogP contribution >= 0.6 is 0 Å². The minimum atomic E-state index is 0.946. The zero-order valence-electron chi connectivity index (χ0n) is 16.8. The van der Waals surface area contributed by atoms with Crippen molar-refractivity contribution in [3.63, 3.8) is 0 Å². The second-order valence-electron chi connectivity index (χ2n) is 9.47. The van der Waals surface area contributed by atoms with Crippen LogP contribution in [0.3, 0.4) is 0 Å². The Morgan fingerprint density at radius 1 is 0.769 bits per heavy atom. The SMILES string of the molecule is C[C@H]1CCC[C@H]([NH+]2CC[NH+](C3CC[NH+](Cc4ccccc4)CC3)CC2)C1. The summed E-state index contributed by atoms with van der Waals surface area (Å²) in [6.45, 7) is 12.2. The number of piperazine rings is 1. The maximum Gasteiger partial charge on any atom is 0.127 e. The van der Waals surface area contributed by atoms with Crippen molar-refractivity contribution < 1.29 is 14.7 Å². The molecule has 0 unspecified atom stereocenters. The minimum absolute atomic E-state index is 0.946. The highest BCUT2D eigenvalue weighted by atomic mass is 15.3. The molecule has 2 heterocycles. The normalized spacial score (nSPS) is 38.8. The average molecular weight is 359 g/mol. The summed E-state index contributed by atoms with van der Waals surface area (Å²) in [7, 11) is 0. The molecule has 0 spiro atoms. The zero-order valence-corrected chi connectivity index (χ0v) is 16.8. The molecular formula is C23H40N3+3. The molecule has 4 rings (SSSR count). The molecular weight excluding hydrogens is 318 g/mol. The quantitative estimate of drug-likeness (QED) is 0.648. The smallest absolute Gasteiger partial charge is 0.127 e. The molecule has 2 saturated heterocycles. The number of quaternary nitrogens is 3. The van der Waals surface area contributed by atoms with Gasteiger partial charge in [-0.25, -0.2) is 0 Å². The first-order chi connectivity index (χ1) is 12.8. The number of piperidine rings is 1. The van der Waals surface area contributed by atoms with E-state index in [-0.39, 0.29) is 0 Å². The molecule has 1 aliphatic carbocycles. The summed E-state index contributed by atoms with van der Waals surface area (Å²) in [5, 5.41) is 0. The van der Waals surface area contributed by atoms with Gasteiger partial charge in [-0.3, -0.25) is 0 Å². The maximum absolute atomic E-state index is 2.47. The number of rotatable bonds is 4. The Kier molecular flexibility index (Phi) is 6.29. The molecule has 26 heavy (non-hydrogen) atoms. The fourth-order valence-electron chi connectivity index (χ4n) is 6.01. The van der Waals surface area contributed by atoms with E-state index in [0.29, 0.717) is 0 Å². The lowest BCUT2D eigenvalue weighted by Gasteiger charge is -2.41. The van der Waals surface area contributed by atoms with Crippen molar-refractivity contribution in [2.45, 2.75) is 64.1 Å². The van der Waals surface area contributed by atoms with Gasteiger partial charge in [0.05, 0.1) is 25.2 Å². The van der Waals surface area contributed by atoms with E-state index in [1.807, 2.05) is 9.80 Å². The summed E-state index contributed by atoms with van der Waals surface area (Å²) in [5.74, 6) is 0.976. The number of nitrogens with one attached hydrogen (secondary N) is 3. The molecule has 0 bridgehead atoms. The van der Waals surface area contributed by atoms with Crippen molar-refractivity contribution in [3.05, 3.63) is 35.9 Å². The Labute approximate surface area is 160 Å². The van der Waals surface area contributed by atoms with Crippen molar-refractivity contribution in [2.75, 3.05) is 39.3 Å². The Hall–Kier alpha value is -0.900. The van der Waals surface area contributed by atoms with E-state index in [9.17, 15) is 0 Å². The fraction of sp³-hybridized carbons (Fsp3) is 0.739. The molecule has 2 aliphatic heterocycles. The third-order valence-electron chi connectivity index (χ3n) is 7.62. The Balaban J connectivity index is 1.20. The second-order valence-corrected chi connectivity index (χ2v) is 9.47. The zero-order chi connectivity index (χ0) is 17.8. The third-order valence-corrected chi connectivity index (χ3v) is 7.62. The van der Waals surface area contributed by atoms with E-state index < -0.39 is 0 Å². The largest absolute Gasteiger partial charge is 0.331 e. The monoisotopic (exact) mass is 358 g/mol. The Morgan fingerprint density at radius 2 is 1.42 bits per heavy atom. The van der Waals surface area contributed by atoms with Gasteiger partial charge in [0, 0.05) is 24.8 Å². The topological polar surface area (TPSA) is 13.3 Å². The summed E-state index contributed by atoms with van der Waals surface area (Å²) in [5.41, 5.74) is 1.51. The highest BCUT2D eigenvalue weighted by Gasteiger charge is 2.36. The van der Waals surface area contributed by atoms with E-state index in [2.05, 4.69) is 37.3 Å². The van der Waals surface area contributed by atoms with Gasteiger partial charge in [-0.05, 0) is 18.8 Å². The van der Waals surface area contributed by atoms with Crippen molar-refractivity contribution >= 4 is 0 Å². The molecule has 1 aromatic carbocycles. The van der Waals surface area contributed by atoms with Crippen molar-refractivity contribution in [1.82, 2.24) is 0 Å². The average Bonchev–Trinajstić information content (AvgIpc) is 2.70. The van der Waals surface area contributed by atoms with Crippen LogP contribution in [0.2, 0.25) is 0 Å². The standard InChI is InChI=1S/C23H37N3/c1-20-6-5-9-23(18-20)26-16-14-25(15-17-26)22-10-12-24(13-11-22)19-21-7-3-2-4-8-21/h2-4,7-8,20,22-23H,5-6,9-19H2,1H3/p+3/t20-,23-/m0/s1. The summed E-state index contributed by atoms with van der Waals surface area (Å²) in [6.07, 6.45) is 8.82. The van der Waals surface area contributed by atoms with Crippen LogP contribution in [0.15, 0.2) is 30.3 Å². The molecule has 2 atom stereocenters. The van der Waals surface area contributed by atoms with Gasteiger partial charge in [0.1, 0.15) is 32.7 Å². The van der Waals surface area contributed by atoms with Crippen LogP contribution in [0.25, 0.3) is 0 Å². The molecule has 0 amide bonds. The lowest BCUT2D eigenvalue weighted by molar-refractivity contribution is -1.04. The van der Waals surface area contributed by atoms with Crippen LogP contribution in [-0.2, 0) is 6.54 Å². The fourth-order valence-corrected chi connectivity index (χ4v) is 6.01. The molecule has 1 saturated carbocycles. The predicted molar refractivity (Wildman–Crippen MR) is 107 cm³/mol. The minimum Gasteiger partial charge on any atom is -0.331 e. The van der Waals surface area contributed by atoms with E-state index >= 15 is 0 Å². The van der Waals surface area contributed by atoms with E-state index in [1.54, 1.807) is 4.90 Å². The highest BCUT2D eigenvalue weighted by molar-refractivity contribution is 5.13. The van der Waals surface area contributed by atoms with Crippen LogP contribution in [0, 0.1) is 5.92 Å². The number of benzene rings is 1. The number of hydrogen-bond acceptors (Lipinski definition) is 0. The lowest BCUT2D eigenvalue weighted by Crippen LogP contribution is -3.31. The molecule has 3 heteroatoms. The van der Waals surface area contributed by atoms with Crippen molar-refractivity contribution in [1.29, 1.82) is 0 Å². The van der Waals surface area contributed by atoms with Gasteiger partial charge in [0.15, 0.2) is 0 Å². The van der Waals surface area contributed by atoms with Crippen molar-refractivity contribution in [2.24, 2.45) is 5.92 Å². The Bertz CT molecular complexity index is 530. The summed E-state index contributed by atoms with van der Waals surface area (Å²) >= 11 is 0. The molecule has 3 fully saturated rings. The van der Waals surface area contributed by atoms with Gasteiger partial charge >= 0.3 is 0 Å². The first-order valence-corrected chi connectivity index (χ1v) is 11.3. The van der Waals surface area contributed by atoms with Gasteiger partial charge in [-0.15, -0.1) is 0 Å². The molecule has 0 radical (unpaired) electrons. The van der Waals surface area contributed by atoms with Gasteiger partial charge in [-0.2, -0.15) is 0 Å². The van der Waals surface area contributed by atoms with E-state index in [4.69, 9.17) is 0 Å².